The van der Waals surface area contributed by atoms with Crippen LogP contribution in [0.2, 0.25) is 0 Å². The van der Waals surface area contributed by atoms with Gasteiger partial charge >= 0.3 is 0 Å². The Hall–Kier alpha value is -13.3. The first-order valence-electron chi connectivity index (χ1n) is 40.3. The monoisotopic (exact) mass is 1460 g/mol. The molecule has 21 rings (SSSR count). The summed E-state index contributed by atoms with van der Waals surface area (Å²) in [6, 6.07) is 141. The average molecular weight is 1460 g/mol. The first-order valence-corrected chi connectivity index (χ1v) is 40.3. The second-order valence-corrected chi connectivity index (χ2v) is 34.3. The van der Waals surface area contributed by atoms with Crippen LogP contribution in [0, 0.1) is 0 Å². The molecule has 0 fully saturated rings. The number of benzene rings is 21. The Bertz CT molecular complexity index is 7050. The highest BCUT2D eigenvalue weighted by Gasteiger charge is 2.26. The first-order chi connectivity index (χ1) is 55.4. The first kappa shape index (κ1) is 71.1. The van der Waals surface area contributed by atoms with Gasteiger partial charge in [0.05, 0.1) is 0 Å². The van der Waals surface area contributed by atoms with E-state index in [1.165, 1.54) is 213 Å². The van der Waals surface area contributed by atoms with Crippen molar-refractivity contribution in [2.24, 2.45) is 0 Å². The molecule has 0 aliphatic rings. The molecule has 0 nitrogen and oxygen atoms in total. The Balaban J connectivity index is 0.000000115. The summed E-state index contributed by atoms with van der Waals surface area (Å²) in [4.78, 5) is 0. The minimum atomic E-state index is 0.0446. The molecule has 546 valence electrons. The lowest BCUT2D eigenvalue weighted by molar-refractivity contribution is 0.590. The minimum Gasteiger partial charge on any atom is -0.0616 e. The molecule has 0 aliphatic heterocycles. The maximum Gasteiger partial charge on any atom is -0.00260 e. The Kier molecular flexibility index (Phi) is 17.8. The molecule has 0 saturated heterocycles. The lowest BCUT2D eigenvalue weighted by Crippen LogP contribution is -2.11. The molecule has 21 aromatic rings. The van der Waals surface area contributed by atoms with Crippen LogP contribution in [0.1, 0.15) is 79.0 Å². The number of fused-ring (bicyclic) bond motifs is 12. The summed E-state index contributed by atoms with van der Waals surface area (Å²) in [5.74, 6) is 0. The number of hydrogen-bond acceptors (Lipinski definition) is 0. The molecule has 0 atom stereocenters. The molecule has 114 heavy (non-hydrogen) atoms. The van der Waals surface area contributed by atoms with Crippen LogP contribution in [-0.4, -0.2) is 0 Å². The van der Waals surface area contributed by atoms with E-state index >= 15 is 0 Å². The molecule has 0 bridgehead atoms. The summed E-state index contributed by atoms with van der Waals surface area (Å²) in [7, 11) is 0. The van der Waals surface area contributed by atoms with Gasteiger partial charge in [-0.15, -0.1) is 0 Å². The molecular weight excluding hydrogens is 1370 g/mol. The van der Waals surface area contributed by atoms with Crippen molar-refractivity contribution >= 4 is 129 Å². The third-order valence-electron chi connectivity index (χ3n) is 23.9. The van der Waals surface area contributed by atoms with Crippen LogP contribution in [0.15, 0.2) is 382 Å². The van der Waals surface area contributed by atoms with Gasteiger partial charge in [0.15, 0.2) is 0 Å². The predicted molar refractivity (Wildman–Crippen MR) is 498 cm³/mol. The van der Waals surface area contributed by atoms with Crippen LogP contribution >= 0.6 is 0 Å². The average Bonchev–Trinajstić information content (AvgIpc) is 0.718. The highest BCUT2D eigenvalue weighted by Crippen LogP contribution is 2.51. The van der Waals surface area contributed by atoms with Gasteiger partial charge in [0.1, 0.15) is 0 Å². The largest absolute Gasteiger partial charge is 0.0616 e. The summed E-state index contributed by atoms with van der Waals surface area (Å²) in [6.45, 7) is 20.8. The van der Waals surface area contributed by atoms with Crippen molar-refractivity contribution in [1.82, 2.24) is 0 Å². The molecule has 0 heterocycles. The zero-order valence-corrected chi connectivity index (χ0v) is 66.4. The molecule has 0 N–H and O–H groups in total. The van der Waals surface area contributed by atoms with Crippen LogP contribution < -0.4 is 0 Å². The summed E-state index contributed by atoms with van der Waals surface area (Å²) >= 11 is 0. The predicted octanol–water partition coefficient (Wildman–Crippen LogP) is 32.8. The van der Waals surface area contributed by atoms with E-state index in [9.17, 15) is 0 Å². The van der Waals surface area contributed by atoms with Crippen LogP contribution in [0.5, 0.6) is 0 Å². The van der Waals surface area contributed by atoms with E-state index in [1.807, 2.05) is 0 Å². The second-order valence-electron chi connectivity index (χ2n) is 34.3. The number of hydrogen-bond donors (Lipinski definition) is 0. The summed E-state index contributed by atoms with van der Waals surface area (Å²) in [6.07, 6.45) is 0. The molecule has 0 amide bonds. The molecule has 21 aromatic carbocycles. The van der Waals surface area contributed by atoms with Crippen LogP contribution in [0.4, 0.5) is 0 Å². The fourth-order valence-corrected chi connectivity index (χ4v) is 17.9. The molecular formula is C114H90. The molecule has 0 heteroatoms. The van der Waals surface area contributed by atoms with Gasteiger partial charge in [-0.25, -0.2) is 0 Å². The second kappa shape index (κ2) is 28.5. The molecule has 0 radical (unpaired) electrons. The van der Waals surface area contributed by atoms with Gasteiger partial charge in [0.25, 0.3) is 0 Å². The smallest absolute Gasteiger partial charge is 0.00260 e. The lowest BCUT2D eigenvalue weighted by atomic mass is 9.79. The molecule has 0 aliphatic carbocycles. The summed E-state index contributed by atoms with van der Waals surface area (Å²) in [5.41, 5.74) is 19.7. The SMILES string of the molecule is CC(C)(C)c1ccc2c(-c3ccc4ccccc4c3)c3cc(C(C)(C)C)ccc3c(-c3ccc4ccccc4c3)c2c1.CC(C)(C)c1ccc2c(-c3ccc4ccccc4c3)c3ccccc3c(-c3ccc4ccccc4c3)c2c1.c1ccc2cc(-c3c4ccccc4c(-c4ccc5ccccc5c4)c4ccccc34)ccc2c1. The van der Waals surface area contributed by atoms with E-state index in [4.69, 9.17) is 0 Å². The van der Waals surface area contributed by atoms with Crippen LogP contribution in [0.25, 0.3) is 196 Å². The Labute approximate surface area is 668 Å². The zero-order chi connectivity index (χ0) is 77.6. The normalized spacial score (nSPS) is 12.1. The van der Waals surface area contributed by atoms with E-state index in [1.54, 1.807) is 0 Å². The van der Waals surface area contributed by atoms with Gasteiger partial charge < -0.3 is 0 Å². The third-order valence-corrected chi connectivity index (χ3v) is 23.9. The highest BCUT2D eigenvalue weighted by atomic mass is 14.3. The van der Waals surface area contributed by atoms with Crippen LogP contribution in [0.3, 0.4) is 0 Å². The highest BCUT2D eigenvalue weighted by molar-refractivity contribution is 6.25. The van der Waals surface area contributed by atoms with Crippen molar-refractivity contribution in [1.29, 1.82) is 0 Å². The third kappa shape index (κ3) is 13.1. The van der Waals surface area contributed by atoms with Gasteiger partial charge in [-0.05, 0) is 284 Å². The quantitative estimate of drug-likeness (QED) is 0.146. The Morgan fingerprint density at radius 3 is 0.447 bits per heavy atom. The van der Waals surface area contributed by atoms with Gasteiger partial charge in [0.2, 0.25) is 0 Å². The maximum absolute atomic E-state index is 2.46. The van der Waals surface area contributed by atoms with Crippen molar-refractivity contribution < 1.29 is 0 Å². The van der Waals surface area contributed by atoms with E-state index in [2.05, 4.69) is 444 Å². The van der Waals surface area contributed by atoms with Crippen molar-refractivity contribution in [3.8, 4) is 66.8 Å². The molecule has 0 saturated carbocycles. The summed E-state index contributed by atoms with van der Waals surface area (Å²) < 4.78 is 0. The van der Waals surface area contributed by atoms with Gasteiger partial charge in [0, 0.05) is 0 Å². The topological polar surface area (TPSA) is 0 Å². The lowest BCUT2D eigenvalue weighted by Gasteiger charge is -2.25. The van der Waals surface area contributed by atoms with Gasteiger partial charge in [-0.3, -0.25) is 0 Å². The summed E-state index contributed by atoms with van der Waals surface area (Å²) in [5, 5.41) is 30.9. The minimum absolute atomic E-state index is 0.0446. The standard InChI is InChI=1S/C42H38.C38H30.C34H22/c1-41(2,3)33-19-21-35-37(25-33)39(31-17-15-27-11-7-9-13-29(27)23-31)36-22-20-34(42(4,5)6)26-38(36)40(35)32-18-16-28-12-8-10-14-30(28)24-32;1-38(2,3)31-20-21-34-35(24-31)37(30-19-17-26-11-5-7-13-28(26)23-30)33-15-9-8-14-32(33)36(34)29-18-16-25-10-4-6-12-27(25)22-29;1-3-11-25-21-27(19-17-23(25)9-1)33-29-13-5-7-15-31(29)34(32-16-8-6-14-30(32)33)28-20-18-24-10-2-4-12-26(24)22-28/h7-26H,1-6H3;4-24H,1-3H3;1-22H. The van der Waals surface area contributed by atoms with Gasteiger partial charge in [-0.2, -0.15) is 0 Å². The van der Waals surface area contributed by atoms with Crippen molar-refractivity contribution in [2.75, 3.05) is 0 Å². The molecule has 0 aromatic heterocycles. The fraction of sp³-hybridized carbons (Fsp3) is 0.105. The van der Waals surface area contributed by atoms with Gasteiger partial charge in [-0.1, -0.05) is 390 Å². The van der Waals surface area contributed by atoms with Crippen molar-refractivity contribution in [2.45, 2.75) is 78.6 Å². The van der Waals surface area contributed by atoms with E-state index < -0.39 is 0 Å². The van der Waals surface area contributed by atoms with Crippen molar-refractivity contribution in [3.63, 3.8) is 0 Å². The van der Waals surface area contributed by atoms with Crippen LogP contribution in [-0.2, 0) is 16.2 Å². The van der Waals surface area contributed by atoms with E-state index in [0.29, 0.717) is 0 Å². The molecule has 0 unspecified atom stereocenters. The number of rotatable bonds is 6. The van der Waals surface area contributed by atoms with E-state index in [-0.39, 0.29) is 16.2 Å². The maximum atomic E-state index is 2.46. The Morgan fingerprint density at radius 1 is 0.123 bits per heavy atom. The van der Waals surface area contributed by atoms with E-state index in [0.717, 1.165) is 0 Å². The fourth-order valence-electron chi connectivity index (χ4n) is 17.9. The van der Waals surface area contributed by atoms with Crippen molar-refractivity contribution in [3.05, 3.63) is 399 Å². The Morgan fingerprint density at radius 2 is 0.272 bits per heavy atom. The zero-order valence-electron chi connectivity index (χ0n) is 66.4. The molecule has 0 spiro atoms.